The van der Waals surface area contributed by atoms with E-state index in [1.807, 2.05) is 48.5 Å². The van der Waals surface area contributed by atoms with Crippen molar-refractivity contribution in [3.8, 4) is 22.9 Å². The number of ether oxygens (including phenoxy) is 1. The minimum Gasteiger partial charge on any atom is -0.497 e. The second-order valence-electron chi connectivity index (χ2n) is 7.83. The fourth-order valence-corrected chi connectivity index (χ4v) is 4.48. The molecule has 0 aliphatic heterocycles. The van der Waals surface area contributed by atoms with Gasteiger partial charge in [-0.2, -0.15) is 5.26 Å². The highest BCUT2D eigenvalue weighted by molar-refractivity contribution is 5.96. The largest absolute Gasteiger partial charge is 0.497 e. The molecule has 0 unspecified atom stereocenters. The van der Waals surface area contributed by atoms with Crippen LogP contribution in [0.15, 0.2) is 66.7 Å². The van der Waals surface area contributed by atoms with Crippen molar-refractivity contribution in [2.75, 3.05) is 12.4 Å². The van der Waals surface area contributed by atoms with Crippen LogP contribution in [0, 0.1) is 11.3 Å². The number of aromatic nitrogens is 1. The van der Waals surface area contributed by atoms with Crippen molar-refractivity contribution in [2.24, 2.45) is 0 Å². The lowest BCUT2D eigenvalue weighted by Gasteiger charge is -2.23. The zero-order chi connectivity index (χ0) is 21.2. The summed E-state index contributed by atoms with van der Waals surface area (Å²) in [5.74, 6) is 1.43. The van der Waals surface area contributed by atoms with E-state index in [0.717, 1.165) is 64.7 Å². The summed E-state index contributed by atoms with van der Waals surface area (Å²) >= 11 is 0. The number of benzene rings is 3. The van der Waals surface area contributed by atoms with Gasteiger partial charge in [-0.05, 0) is 60.4 Å². The Bertz CT molecular complexity index is 1300. The Balaban J connectivity index is 1.70. The van der Waals surface area contributed by atoms with Gasteiger partial charge < -0.3 is 10.1 Å². The molecule has 1 aliphatic rings. The van der Waals surface area contributed by atoms with Gasteiger partial charge in [0, 0.05) is 22.3 Å². The first-order valence-corrected chi connectivity index (χ1v) is 10.6. The number of nitrogens with zero attached hydrogens (tertiary/aromatic N) is 2. The minimum atomic E-state index is 0.596. The van der Waals surface area contributed by atoms with Crippen LogP contribution in [0.5, 0.6) is 5.75 Å². The zero-order valence-electron chi connectivity index (χ0n) is 17.5. The van der Waals surface area contributed by atoms with E-state index < -0.39 is 0 Å². The lowest BCUT2D eigenvalue weighted by Crippen LogP contribution is -2.12. The number of rotatable bonds is 4. The van der Waals surface area contributed by atoms with Gasteiger partial charge in [0.05, 0.1) is 7.11 Å². The maximum absolute atomic E-state index is 10.2. The molecule has 4 aromatic rings. The topological polar surface area (TPSA) is 57.9 Å². The smallest absolute Gasteiger partial charge is 0.149 e. The maximum atomic E-state index is 10.2. The molecular weight excluding hydrogens is 382 g/mol. The summed E-state index contributed by atoms with van der Waals surface area (Å²) in [7, 11) is 1.66. The molecule has 1 N–H and O–H groups in total. The number of nitriles is 1. The Morgan fingerprint density at radius 3 is 2.52 bits per heavy atom. The summed E-state index contributed by atoms with van der Waals surface area (Å²) in [6, 6.07) is 24.8. The molecular formula is C27H23N3O. The number of nitrogens with one attached hydrogen (secondary N) is 1. The number of methoxy groups -OCH3 is 1. The molecule has 0 spiro atoms. The SMILES string of the molecule is COc1ccc(-c2c(C#N)c(Nc3cccc4ccccc34)nc3c2CCCC3)cc1. The average molecular weight is 406 g/mol. The van der Waals surface area contributed by atoms with E-state index in [1.54, 1.807) is 7.11 Å². The number of anilines is 2. The van der Waals surface area contributed by atoms with Crippen LogP contribution < -0.4 is 10.1 Å². The third kappa shape index (κ3) is 3.49. The predicted octanol–water partition coefficient (Wildman–Crippen LogP) is 6.40. The molecule has 0 bridgehead atoms. The van der Waals surface area contributed by atoms with E-state index >= 15 is 0 Å². The second kappa shape index (κ2) is 8.12. The number of aryl methyl sites for hydroxylation is 1. The standard InChI is InChI=1S/C27H23N3O/c1-31-20-15-13-19(14-16-20)26-22-10-4-5-11-25(22)30-27(23(26)17-28)29-24-12-6-8-18-7-2-3-9-21(18)24/h2-3,6-9,12-16H,4-5,10-11H2,1H3,(H,29,30). The van der Waals surface area contributed by atoms with Crippen molar-refractivity contribution in [3.05, 3.63) is 83.6 Å². The normalized spacial score (nSPS) is 12.8. The first-order chi connectivity index (χ1) is 15.3. The van der Waals surface area contributed by atoms with Crippen LogP contribution in [-0.4, -0.2) is 12.1 Å². The Morgan fingerprint density at radius 1 is 0.935 bits per heavy atom. The first-order valence-electron chi connectivity index (χ1n) is 10.6. The van der Waals surface area contributed by atoms with Crippen molar-refractivity contribution >= 4 is 22.3 Å². The molecule has 4 nitrogen and oxygen atoms in total. The Morgan fingerprint density at radius 2 is 1.71 bits per heavy atom. The molecule has 31 heavy (non-hydrogen) atoms. The van der Waals surface area contributed by atoms with Crippen molar-refractivity contribution in [2.45, 2.75) is 25.7 Å². The van der Waals surface area contributed by atoms with Gasteiger partial charge in [0.2, 0.25) is 0 Å². The summed E-state index contributed by atoms with van der Waals surface area (Å²) in [6.07, 6.45) is 4.14. The fraction of sp³-hybridized carbons (Fsp3) is 0.185. The number of hydrogen-bond donors (Lipinski definition) is 1. The van der Waals surface area contributed by atoms with E-state index in [9.17, 15) is 5.26 Å². The summed E-state index contributed by atoms with van der Waals surface area (Å²) in [6.45, 7) is 0. The van der Waals surface area contributed by atoms with Gasteiger partial charge in [-0.3, -0.25) is 0 Å². The second-order valence-corrected chi connectivity index (χ2v) is 7.83. The third-order valence-electron chi connectivity index (χ3n) is 6.01. The van der Waals surface area contributed by atoms with E-state index in [0.29, 0.717) is 11.4 Å². The molecule has 0 fully saturated rings. The van der Waals surface area contributed by atoms with Crippen LogP contribution in [0.4, 0.5) is 11.5 Å². The van der Waals surface area contributed by atoms with Crippen LogP contribution in [0.25, 0.3) is 21.9 Å². The number of pyridine rings is 1. The average Bonchev–Trinajstić information content (AvgIpc) is 2.83. The van der Waals surface area contributed by atoms with Gasteiger partial charge in [0.1, 0.15) is 23.2 Å². The first kappa shape index (κ1) is 19.1. The minimum absolute atomic E-state index is 0.596. The molecule has 4 heteroatoms. The molecule has 1 heterocycles. The van der Waals surface area contributed by atoms with Crippen molar-refractivity contribution in [3.63, 3.8) is 0 Å². The maximum Gasteiger partial charge on any atom is 0.149 e. The van der Waals surface area contributed by atoms with Crippen LogP contribution in [0.3, 0.4) is 0 Å². The van der Waals surface area contributed by atoms with Crippen molar-refractivity contribution in [1.29, 1.82) is 5.26 Å². The summed E-state index contributed by atoms with van der Waals surface area (Å²) in [5.41, 5.74) is 5.88. The molecule has 152 valence electrons. The Kier molecular flexibility index (Phi) is 5.01. The zero-order valence-corrected chi connectivity index (χ0v) is 17.5. The van der Waals surface area contributed by atoms with E-state index in [1.165, 1.54) is 5.56 Å². The van der Waals surface area contributed by atoms with Crippen molar-refractivity contribution < 1.29 is 4.74 Å². The van der Waals surface area contributed by atoms with E-state index in [-0.39, 0.29) is 0 Å². The van der Waals surface area contributed by atoms with Gasteiger partial charge in [0.25, 0.3) is 0 Å². The molecule has 0 atom stereocenters. The van der Waals surface area contributed by atoms with E-state index in [4.69, 9.17) is 9.72 Å². The summed E-state index contributed by atoms with van der Waals surface area (Å²) in [5, 5.41) is 16.0. The third-order valence-corrected chi connectivity index (χ3v) is 6.01. The van der Waals surface area contributed by atoms with E-state index in [2.05, 4.69) is 29.6 Å². The lowest BCUT2D eigenvalue weighted by molar-refractivity contribution is 0.415. The lowest BCUT2D eigenvalue weighted by atomic mass is 9.86. The highest BCUT2D eigenvalue weighted by Gasteiger charge is 2.23. The molecule has 0 radical (unpaired) electrons. The predicted molar refractivity (Wildman–Crippen MR) is 125 cm³/mol. The molecule has 0 amide bonds. The highest BCUT2D eigenvalue weighted by Crippen LogP contribution is 2.38. The summed E-state index contributed by atoms with van der Waals surface area (Å²) < 4.78 is 5.33. The van der Waals surface area contributed by atoms with Crippen LogP contribution >= 0.6 is 0 Å². The van der Waals surface area contributed by atoms with Crippen molar-refractivity contribution in [1.82, 2.24) is 4.98 Å². The Hall–Kier alpha value is -3.84. The Labute approximate surface area is 182 Å². The molecule has 5 rings (SSSR count). The highest BCUT2D eigenvalue weighted by atomic mass is 16.5. The summed E-state index contributed by atoms with van der Waals surface area (Å²) in [4.78, 5) is 4.95. The van der Waals surface area contributed by atoms with Crippen LogP contribution in [0.1, 0.15) is 29.7 Å². The number of hydrogen-bond acceptors (Lipinski definition) is 4. The van der Waals surface area contributed by atoms with Gasteiger partial charge >= 0.3 is 0 Å². The van der Waals surface area contributed by atoms with Crippen LogP contribution in [0.2, 0.25) is 0 Å². The molecule has 0 saturated heterocycles. The monoisotopic (exact) mass is 405 g/mol. The fourth-order valence-electron chi connectivity index (χ4n) is 4.48. The molecule has 1 aromatic heterocycles. The van der Waals surface area contributed by atoms with Crippen LogP contribution in [-0.2, 0) is 12.8 Å². The number of fused-ring (bicyclic) bond motifs is 2. The quantitative estimate of drug-likeness (QED) is 0.426. The van der Waals surface area contributed by atoms with Gasteiger partial charge in [-0.15, -0.1) is 0 Å². The molecule has 0 saturated carbocycles. The van der Waals surface area contributed by atoms with Gasteiger partial charge in [0.15, 0.2) is 0 Å². The van der Waals surface area contributed by atoms with Gasteiger partial charge in [-0.25, -0.2) is 4.98 Å². The molecule has 1 aliphatic carbocycles. The van der Waals surface area contributed by atoms with Gasteiger partial charge in [-0.1, -0.05) is 48.5 Å². The molecule has 3 aromatic carbocycles.